The molecule has 1 aromatic rings. The van der Waals surface area contributed by atoms with Gasteiger partial charge in [0.1, 0.15) is 12.5 Å². The number of ether oxygens (including phenoxy) is 2. The smallest absolute Gasteiger partial charge is 0.335 e. The molecule has 0 fully saturated rings. The van der Waals surface area contributed by atoms with Crippen molar-refractivity contribution in [2.24, 2.45) is 0 Å². The highest BCUT2D eigenvalue weighted by atomic mass is 16.6. The summed E-state index contributed by atoms with van der Waals surface area (Å²) in [4.78, 5) is 21.5. The number of hydrogen-bond acceptors (Lipinski definition) is 4. The third-order valence-electron chi connectivity index (χ3n) is 1.69. The monoisotopic (exact) mass is 232 g/mol. The third-order valence-corrected chi connectivity index (χ3v) is 1.69. The van der Waals surface area contributed by atoms with Crippen molar-refractivity contribution >= 4 is 18.0 Å². The van der Waals surface area contributed by atoms with Crippen LogP contribution in [0.5, 0.6) is 0 Å². The van der Waals surface area contributed by atoms with Gasteiger partial charge >= 0.3 is 11.9 Å². The van der Waals surface area contributed by atoms with Crippen LogP contribution in [0.1, 0.15) is 12.5 Å². The first-order chi connectivity index (χ1) is 8.18. The molecule has 88 valence electrons. The number of carbonyl (C=O) groups is 2. The van der Waals surface area contributed by atoms with E-state index >= 15 is 0 Å². The number of rotatable bonds is 4. The van der Waals surface area contributed by atoms with Crippen LogP contribution in [0.4, 0.5) is 0 Å². The summed E-state index contributed by atoms with van der Waals surface area (Å²) in [7, 11) is 0. The maximum absolute atomic E-state index is 11.2. The van der Waals surface area contributed by atoms with Gasteiger partial charge < -0.3 is 9.47 Å². The van der Waals surface area contributed by atoms with Crippen LogP contribution < -0.4 is 0 Å². The fourth-order valence-electron chi connectivity index (χ4n) is 0.986. The number of hydrogen-bond donors (Lipinski definition) is 0. The SMILES string of the molecule is CC(=O)OC=COC(=O)C=Cc1ccccc1. The van der Waals surface area contributed by atoms with E-state index in [-0.39, 0.29) is 0 Å². The molecule has 0 heterocycles. The zero-order valence-electron chi connectivity index (χ0n) is 9.33. The molecule has 0 radical (unpaired) electrons. The predicted molar refractivity (Wildman–Crippen MR) is 62.5 cm³/mol. The molecule has 0 aliphatic carbocycles. The van der Waals surface area contributed by atoms with Gasteiger partial charge in [0.2, 0.25) is 0 Å². The third kappa shape index (κ3) is 5.94. The van der Waals surface area contributed by atoms with Crippen molar-refractivity contribution in [1.29, 1.82) is 0 Å². The summed E-state index contributed by atoms with van der Waals surface area (Å²) in [6.07, 6.45) is 4.94. The Bertz CT molecular complexity index is 432. The second kappa shape index (κ2) is 7.00. The normalized spacial score (nSPS) is 10.6. The lowest BCUT2D eigenvalue weighted by Gasteiger charge is -1.94. The molecule has 0 unspecified atom stereocenters. The Labute approximate surface area is 99.2 Å². The molecule has 1 aromatic carbocycles. The first kappa shape index (κ1) is 12.7. The van der Waals surface area contributed by atoms with E-state index in [0.29, 0.717) is 0 Å². The van der Waals surface area contributed by atoms with Crippen molar-refractivity contribution < 1.29 is 19.1 Å². The molecule has 0 bridgehead atoms. The van der Waals surface area contributed by atoms with Crippen LogP contribution in [0.25, 0.3) is 6.08 Å². The first-order valence-corrected chi connectivity index (χ1v) is 4.94. The van der Waals surface area contributed by atoms with E-state index in [1.165, 1.54) is 13.0 Å². The summed E-state index contributed by atoms with van der Waals surface area (Å²) in [5, 5.41) is 0. The Hall–Kier alpha value is -2.36. The quantitative estimate of drug-likeness (QED) is 0.454. The minimum Gasteiger partial charge on any atom is -0.431 e. The lowest BCUT2D eigenvalue weighted by atomic mass is 10.2. The molecule has 0 spiro atoms. The molecule has 17 heavy (non-hydrogen) atoms. The molecule has 0 aromatic heterocycles. The van der Waals surface area contributed by atoms with Gasteiger partial charge in [-0.25, -0.2) is 4.79 Å². The zero-order chi connectivity index (χ0) is 12.5. The maximum Gasteiger partial charge on any atom is 0.335 e. The standard InChI is InChI=1S/C13H12O4/c1-11(14)16-9-10-17-13(15)8-7-12-5-3-2-4-6-12/h2-10H,1H3. The summed E-state index contributed by atoms with van der Waals surface area (Å²) in [6.45, 7) is 1.25. The second-order valence-corrected chi connectivity index (χ2v) is 3.06. The highest BCUT2D eigenvalue weighted by Crippen LogP contribution is 2.01. The Balaban J connectivity index is 2.37. The van der Waals surface area contributed by atoms with Gasteiger partial charge in [-0.05, 0) is 11.6 Å². The fraction of sp³-hybridized carbons (Fsp3) is 0.0769. The minimum absolute atomic E-state index is 0.475. The number of carbonyl (C=O) groups excluding carboxylic acids is 2. The molecular formula is C13H12O4. The molecule has 0 N–H and O–H groups in total. The molecule has 0 aliphatic rings. The van der Waals surface area contributed by atoms with Crippen LogP contribution in [0.15, 0.2) is 48.9 Å². The van der Waals surface area contributed by atoms with Gasteiger partial charge in [0.25, 0.3) is 0 Å². The molecular weight excluding hydrogens is 220 g/mol. The van der Waals surface area contributed by atoms with Gasteiger partial charge in [0, 0.05) is 13.0 Å². The summed E-state index contributed by atoms with van der Waals surface area (Å²) in [6, 6.07) is 9.34. The van der Waals surface area contributed by atoms with Crippen LogP contribution in [-0.4, -0.2) is 11.9 Å². The summed E-state index contributed by atoms with van der Waals surface area (Å²) < 4.78 is 9.06. The topological polar surface area (TPSA) is 52.6 Å². The largest absolute Gasteiger partial charge is 0.431 e. The highest BCUT2D eigenvalue weighted by molar-refractivity contribution is 5.87. The van der Waals surface area contributed by atoms with Crippen LogP contribution in [-0.2, 0) is 19.1 Å². The molecule has 4 nitrogen and oxygen atoms in total. The molecule has 0 atom stereocenters. The molecule has 0 saturated carbocycles. The van der Waals surface area contributed by atoms with Crippen LogP contribution in [0, 0.1) is 0 Å². The van der Waals surface area contributed by atoms with Crippen molar-refractivity contribution in [3.63, 3.8) is 0 Å². The first-order valence-electron chi connectivity index (χ1n) is 4.94. The van der Waals surface area contributed by atoms with E-state index in [4.69, 9.17) is 0 Å². The van der Waals surface area contributed by atoms with E-state index in [1.807, 2.05) is 30.3 Å². The van der Waals surface area contributed by atoms with E-state index in [1.54, 1.807) is 6.08 Å². The molecule has 0 saturated heterocycles. The fourth-order valence-corrected chi connectivity index (χ4v) is 0.986. The summed E-state index contributed by atoms with van der Waals surface area (Å²) >= 11 is 0. The van der Waals surface area contributed by atoms with Crippen molar-refractivity contribution in [1.82, 2.24) is 0 Å². The Morgan fingerprint density at radius 2 is 1.71 bits per heavy atom. The minimum atomic E-state index is -0.544. The van der Waals surface area contributed by atoms with Crippen LogP contribution in [0.2, 0.25) is 0 Å². The Morgan fingerprint density at radius 3 is 2.35 bits per heavy atom. The van der Waals surface area contributed by atoms with Crippen LogP contribution >= 0.6 is 0 Å². The van der Waals surface area contributed by atoms with Gasteiger partial charge in [0.05, 0.1) is 0 Å². The van der Waals surface area contributed by atoms with Gasteiger partial charge in [-0.15, -0.1) is 0 Å². The molecule has 1 rings (SSSR count). The number of benzene rings is 1. The predicted octanol–water partition coefficient (Wildman–Crippen LogP) is 2.28. The van der Waals surface area contributed by atoms with Crippen LogP contribution in [0.3, 0.4) is 0 Å². The lowest BCUT2D eigenvalue weighted by Crippen LogP contribution is -1.95. The van der Waals surface area contributed by atoms with Crippen molar-refractivity contribution in [3.05, 3.63) is 54.5 Å². The van der Waals surface area contributed by atoms with Gasteiger partial charge in [-0.2, -0.15) is 0 Å². The average Bonchev–Trinajstić information content (AvgIpc) is 2.33. The van der Waals surface area contributed by atoms with Gasteiger partial charge in [0.15, 0.2) is 0 Å². The van der Waals surface area contributed by atoms with E-state index < -0.39 is 11.9 Å². The van der Waals surface area contributed by atoms with Crippen molar-refractivity contribution in [3.8, 4) is 0 Å². The molecule has 4 heteroatoms. The zero-order valence-corrected chi connectivity index (χ0v) is 9.33. The lowest BCUT2D eigenvalue weighted by molar-refractivity contribution is -0.137. The van der Waals surface area contributed by atoms with Gasteiger partial charge in [-0.3, -0.25) is 4.79 Å². The molecule has 0 amide bonds. The van der Waals surface area contributed by atoms with E-state index in [0.717, 1.165) is 18.1 Å². The molecule has 0 aliphatic heterocycles. The van der Waals surface area contributed by atoms with Crippen molar-refractivity contribution in [2.75, 3.05) is 0 Å². The Morgan fingerprint density at radius 1 is 1.06 bits per heavy atom. The van der Waals surface area contributed by atoms with Crippen molar-refractivity contribution in [2.45, 2.75) is 6.92 Å². The average molecular weight is 232 g/mol. The van der Waals surface area contributed by atoms with Gasteiger partial charge in [-0.1, -0.05) is 30.3 Å². The highest BCUT2D eigenvalue weighted by Gasteiger charge is 1.93. The summed E-state index contributed by atoms with van der Waals surface area (Å²) in [5.41, 5.74) is 0.897. The summed E-state index contributed by atoms with van der Waals surface area (Å²) in [5.74, 6) is -1.02. The second-order valence-electron chi connectivity index (χ2n) is 3.06. The Kier molecular flexibility index (Phi) is 5.24. The maximum atomic E-state index is 11.2. The van der Waals surface area contributed by atoms with E-state index in [2.05, 4.69) is 9.47 Å². The van der Waals surface area contributed by atoms with E-state index in [9.17, 15) is 9.59 Å². The number of esters is 2.